The summed E-state index contributed by atoms with van der Waals surface area (Å²) in [5.41, 5.74) is 1.88. The molecule has 0 bridgehead atoms. The molecule has 1 heterocycles. The van der Waals surface area contributed by atoms with E-state index < -0.39 is 0 Å². The van der Waals surface area contributed by atoms with Crippen LogP contribution in [0.4, 0.5) is 4.39 Å². The zero-order valence-electron chi connectivity index (χ0n) is 12.7. The normalized spacial score (nSPS) is 11.6. The second-order valence-electron chi connectivity index (χ2n) is 4.86. The third-order valence-electron chi connectivity index (χ3n) is 3.07. The van der Waals surface area contributed by atoms with Crippen LogP contribution in [0.1, 0.15) is 16.3 Å². The summed E-state index contributed by atoms with van der Waals surface area (Å²) in [4.78, 5) is 10.7. The second kappa shape index (κ2) is 7.69. The van der Waals surface area contributed by atoms with E-state index in [0.29, 0.717) is 17.6 Å². The van der Waals surface area contributed by atoms with Crippen molar-refractivity contribution in [2.75, 3.05) is 14.1 Å². The molecular weight excluding hydrogens is 367 g/mol. The Morgan fingerprint density at radius 3 is 2.86 bits per heavy atom. The molecule has 118 valence electrons. The molecule has 2 aromatic rings. The predicted octanol–water partition coefficient (Wildman–Crippen LogP) is 3.56. The summed E-state index contributed by atoms with van der Waals surface area (Å²) >= 11 is 4.79. The molecule has 0 radical (unpaired) electrons. The largest absolute Gasteiger partial charge is 0.352 e. The molecule has 0 saturated heterocycles. The molecule has 0 aliphatic carbocycles. The minimum absolute atomic E-state index is 0.263. The van der Waals surface area contributed by atoms with E-state index in [0.717, 1.165) is 22.2 Å². The zero-order chi connectivity index (χ0) is 16.1. The highest BCUT2D eigenvalue weighted by Gasteiger charge is 2.09. The van der Waals surface area contributed by atoms with Crippen molar-refractivity contribution in [1.29, 1.82) is 0 Å². The van der Waals surface area contributed by atoms with Crippen molar-refractivity contribution in [2.45, 2.75) is 20.0 Å². The Bertz CT molecular complexity index is 671. The SMILES string of the molecule is CN=C(NCc1ccc(Br)c(F)c1)N(C)Cc1csc(C)n1. The van der Waals surface area contributed by atoms with Crippen LogP contribution in [0.15, 0.2) is 33.0 Å². The van der Waals surface area contributed by atoms with Crippen LogP contribution in [0.2, 0.25) is 0 Å². The van der Waals surface area contributed by atoms with E-state index in [-0.39, 0.29) is 5.82 Å². The number of thiazole rings is 1. The second-order valence-corrected chi connectivity index (χ2v) is 6.78. The van der Waals surface area contributed by atoms with Gasteiger partial charge >= 0.3 is 0 Å². The lowest BCUT2D eigenvalue weighted by Crippen LogP contribution is -2.38. The number of nitrogens with zero attached hydrogens (tertiary/aromatic N) is 3. The van der Waals surface area contributed by atoms with E-state index in [2.05, 4.69) is 31.2 Å². The number of nitrogens with one attached hydrogen (secondary N) is 1. The Balaban J connectivity index is 1.95. The molecule has 0 spiro atoms. The standard InChI is InChI=1S/C15H18BrFN4S/c1-10-20-12(9-22-10)8-21(3)15(18-2)19-7-11-4-5-13(16)14(17)6-11/h4-6,9H,7-8H2,1-3H3,(H,18,19). The molecule has 22 heavy (non-hydrogen) atoms. The Kier molecular flexibility index (Phi) is 5.90. The summed E-state index contributed by atoms with van der Waals surface area (Å²) in [6.45, 7) is 3.18. The Morgan fingerprint density at radius 1 is 1.50 bits per heavy atom. The molecule has 2 rings (SSSR count). The Hall–Kier alpha value is -1.47. The van der Waals surface area contributed by atoms with Crippen LogP contribution in [0.25, 0.3) is 0 Å². The molecular formula is C15H18BrFN4S. The first kappa shape index (κ1) is 16.9. The van der Waals surface area contributed by atoms with E-state index in [1.807, 2.05) is 30.3 Å². The minimum Gasteiger partial charge on any atom is -0.352 e. The van der Waals surface area contributed by atoms with E-state index in [4.69, 9.17) is 0 Å². The summed E-state index contributed by atoms with van der Waals surface area (Å²) in [6.07, 6.45) is 0. The Labute approximate surface area is 142 Å². The number of aryl methyl sites for hydroxylation is 1. The van der Waals surface area contributed by atoms with E-state index in [9.17, 15) is 4.39 Å². The topological polar surface area (TPSA) is 40.5 Å². The van der Waals surface area contributed by atoms with E-state index in [1.54, 1.807) is 24.5 Å². The Morgan fingerprint density at radius 2 is 2.27 bits per heavy atom. The van der Waals surface area contributed by atoms with Gasteiger partial charge in [-0.25, -0.2) is 9.37 Å². The summed E-state index contributed by atoms with van der Waals surface area (Å²) < 4.78 is 14.0. The molecule has 0 amide bonds. The molecule has 0 fully saturated rings. The molecule has 1 N–H and O–H groups in total. The first-order valence-corrected chi connectivity index (χ1v) is 8.43. The number of hydrogen-bond donors (Lipinski definition) is 1. The fraction of sp³-hybridized carbons (Fsp3) is 0.333. The average Bonchev–Trinajstić information content (AvgIpc) is 2.88. The van der Waals surface area contributed by atoms with Crippen LogP contribution in [0.5, 0.6) is 0 Å². The van der Waals surface area contributed by atoms with Crippen LogP contribution in [-0.4, -0.2) is 29.9 Å². The van der Waals surface area contributed by atoms with Crippen molar-refractivity contribution in [3.8, 4) is 0 Å². The number of benzene rings is 1. The number of hydrogen-bond acceptors (Lipinski definition) is 3. The summed E-state index contributed by atoms with van der Waals surface area (Å²) in [6, 6.07) is 5.09. The molecule has 0 unspecified atom stereocenters. The monoisotopic (exact) mass is 384 g/mol. The van der Waals surface area contributed by atoms with Crippen LogP contribution in [0.3, 0.4) is 0 Å². The highest BCUT2D eigenvalue weighted by molar-refractivity contribution is 9.10. The van der Waals surface area contributed by atoms with Gasteiger partial charge in [-0.15, -0.1) is 11.3 Å². The molecule has 0 aliphatic rings. The quantitative estimate of drug-likeness (QED) is 0.646. The molecule has 1 aromatic heterocycles. The maximum Gasteiger partial charge on any atom is 0.194 e. The van der Waals surface area contributed by atoms with Crippen molar-refractivity contribution < 1.29 is 4.39 Å². The van der Waals surface area contributed by atoms with Gasteiger partial charge in [0.15, 0.2) is 5.96 Å². The predicted molar refractivity (Wildman–Crippen MR) is 92.6 cm³/mol. The summed E-state index contributed by atoms with van der Waals surface area (Å²) in [5, 5.41) is 6.33. The van der Waals surface area contributed by atoms with Gasteiger partial charge in [0.25, 0.3) is 0 Å². The summed E-state index contributed by atoms with van der Waals surface area (Å²) in [5.74, 6) is 0.481. The first-order valence-electron chi connectivity index (χ1n) is 6.76. The van der Waals surface area contributed by atoms with Gasteiger partial charge in [-0.3, -0.25) is 4.99 Å². The molecule has 4 nitrogen and oxygen atoms in total. The van der Waals surface area contributed by atoms with Crippen molar-refractivity contribution in [3.63, 3.8) is 0 Å². The maximum atomic E-state index is 13.5. The van der Waals surface area contributed by atoms with Gasteiger partial charge in [-0.1, -0.05) is 6.07 Å². The fourth-order valence-corrected chi connectivity index (χ4v) is 2.86. The minimum atomic E-state index is -0.263. The zero-order valence-corrected chi connectivity index (χ0v) is 15.1. The van der Waals surface area contributed by atoms with Crippen LogP contribution in [0, 0.1) is 12.7 Å². The molecule has 7 heteroatoms. The van der Waals surface area contributed by atoms with Gasteiger partial charge in [-0.2, -0.15) is 0 Å². The van der Waals surface area contributed by atoms with Crippen LogP contribution < -0.4 is 5.32 Å². The number of aliphatic imine (C=N–C) groups is 1. The maximum absolute atomic E-state index is 13.5. The van der Waals surface area contributed by atoms with Crippen LogP contribution >= 0.6 is 27.3 Å². The van der Waals surface area contributed by atoms with Gasteiger partial charge in [0.2, 0.25) is 0 Å². The van der Waals surface area contributed by atoms with Crippen LogP contribution in [-0.2, 0) is 13.1 Å². The fourth-order valence-electron chi connectivity index (χ4n) is 2.01. The van der Waals surface area contributed by atoms with Gasteiger partial charge in [-0.05, 0) is 40.5 Å². The van der Waals surface area contributed by atoms with Gasteiger partial charge in [0, 0.05) is 26.0 Å². The lowest BCUT2D eigenvalue weighted by molar-refractivity contribution is 0.470. The van der Waals surface area contributed by atoms with Gasteiger partial charge in [0.1, 0.15) is 5.82 Å². The lowest BCUT2D eigenvalue weighted by Gasteiger charge is -2.21. The van der Waals surface area contributed by atoms with Crippen molar-refractivity contribution >= 4 is 33.2 Å². The van der Waals surface area contributed by atoms with E-state index >= 15 is 0 Å². The summed E-state index contributed by atoms with van der Waals surface area (Å²) in [7, 11) is 3.68. The van der Waals surface area contributed by atoms with E-state index in [1.165, 1.54) is 6.07 Å². The number of aromatic nitrogens is 1. The smallest absolute Gasteiger partial charge is 0.194 e. The number of halogens is 2. The molecule has 0 atom stereocenters. The third-order valence-corrected chi connectivity index (χ3v) is 4.54. The first-order chi connectivity index (χ1) is 10.5. The lowest BCUT2D eigenvalue weighted by atomic mass is 10.2. The highest BCUT2D eigenvalue weighted by Crippen LogP contribution is 2.16. The third kappa shape index (κ3) is 4.51. The van der Waals surface area contributed by atoms with Crippen molar-refractivity contribution in [3.05, 3.63) is 50.1 Å². The molecule has 0 saturated carbocycles. The van der Waals surface area contributed by atoms with Gasteiger partial charge < -0.3 is 10.2 Å². The number of rotatable bonds is 4. The highest BCUT2D eigenvalue weighted by atomic mass is 79.9. The average molecular weight is 385 g/mol. The molecule has 0 aliphatic heterocycles. The van der Waals surface area contributed by atoms with Gasteiger partial charge in [0.05, 0.1) is 21.7 Å². The van der Waals surface area contributed by atoms with Crippen molar-refractivity contribution in [2.24, 2.45) is 4.99 Å². The number of guanidine groups is 1. The van der Waals surface area contributed by atoms with Crippen molar-refractivity contribution in [1.82, 2.24) is 15.2 Å². The molecule has 1 aromatic carbocycles.